The number of carbonyl (C=O) groups excluding carboxylic acids is 2. The third-order valence-electron chi connectivity index (χ3n) is 5.12. The van der Waals surface area contributed by atoms with E-state index in [0.717, 1.165) is 21.7 Å². The zero-order chi connectivity index (χ0) is 23.9. The van der Waals surface area contributed by atoms with Gasteiger partial charge in [-0.15, -0.1) is 11.8 Å². The molecular weight excluding hydrogens is 447 g/mol. The molecule has 4 aromatic rings. The second-order valence-corrected chi connectivity index (χ2v) is 8.90. The van der Waals surface area contributed by atoms with E-state index in [1.54, 1.807) is 24.3 Å². The maximum absolute atomic E-state index is 14.0. The Morgan fingerprint density at radius 3 is 2.21 bits per heavy atom. The van der Waals surface area contributed by atoms with Crippen LogP contribution in [0.25, 0.3) is 0 Å². The van der Waals surface area contributed by atoms with Crippen LogP contribution in [0.4, 0.5) is 15.8 Å². The van der Waals surface area contributed by atoms with Crippen molar-refractivity contribution >= 4 is 35.0 Å². The standard InChI is InChI=1S/C28H23FN2O2S/c1-19-14-16-21(17-15-19)30-28(33)26(20-8-3-2-4-9-20)34-23-11-7-10-22(18-23)31-27(32)24-12-5-6-13-25(24)29/h2-18,26H,1H3,(H,30,33)(H,31,32). The lowest BCUT2D eigenvalue weighted by Gasteiger charge is -2.18. The topological polar surface area (TPSA) is 58.2 Å². The quantitative estimate of drug-likeness (QED) is 0.290. The van der Waals surface area contributed by atoms with Gasteiger partial charge >= 0.3 is 0 Å². The van der Waals surface area contributed by atoms with Crippen molar-refractivity contribution in [1.82, 2.24) is 0 Å². The van der Waals surface area contributed by atoms with E-state index in [4.69, 9.17) is 0 Å². The van der Waals surface area contributed by atoms with Crippen LogP contribution in [-0.2, 0) is 4.79 Å². The van der Waals surface area contributed by atoms with Gasteiger partial charge in [-0.1, -0.05) is 66.2 Å². The third-order valence-corrected chi connectivity index (χ3v) is 6.37. The van der Waals surface area contributed by atoms with Crippen molar-refractivity contribution in [1.29, 1.82) is 0 Å². The fourth-order valence-corrected chi connectivity index (χ4v) is 4.46. The second kappa shape index (κ2) is 10.8. The van der Waals surface area contributed by atoms with E-state index in [0.29, 0.717) is 5.69 Å². The Hall–Kier alpha value is -3.90. The van der Waals surface area contributed by atoms with Gasteiger partial charge in [-0.05, 0) is 55.0 Å². The van der Waals surface area contributed by atoms with Gasteiger partial charge < -0.3 is 10.6 Å². The number of halogens is 1. The van der Waals surface area contributed by atoms with Gasteiger partial charge in [-0.3, -0.25) is 9.59 Å². The summed E-state index contributed by atoms with van der Waals surface area (Å²) in [5, 5.41) is 5.21. The van der Waals surface area contributed by atoms with Crippen LogP contribution in [0.5, 0.6) is 0 Å². The molecule has 1 unspecified atom stereocenters. The van der Waals surface area contributed by atoms with Gasteiger partial charge in [0.2, 0.25) is 5.91 Å². The number of nitrogens with one attached hydrogen (secondary N) is 2. The summed E-state index contributed by atoms with van der Waals surface area (Å²) >= 11 is 1.38. The number of benzene rings is 4. The molecule has 4 nitrogen and oxygen atoms in total. The van der Waals surface area contributed by atoms with Gasteiger partial charge in [0.15, 0.2) is 0 Å². The molecule has 0 bridgehead atoms. The number of rotatable bonds is 7. The fourth-order valence-electron chi connectivity index (χ4n) is 3.37. The predicted octanol–water partition coefficient (Wildman–Crippen LogP) is 6.86. The minimum atomic E-state index is -0.581. The maximum atomic E-state index is 14.0. The van der Waals surface area contributed by atoms with Crippen molar-refractivity contribution in [2.75, 3.05) is 10.6 Å². The molecule has 0 radical (unpaired) electrons. The number of hydrogen-bond acceptors (Lipinski definition) is 3. The lowest BCUT2D eigenvalue weighted by molar-refractivity contribution is -0.115. The Morgan fingerprint density at radius 1 is 0.765 bits per heavy atom. The molecule has 0 aliphatic heterocycles. The van der Waals surface area contributed by atoms with E-state index in [1.807, 2.05) is 67.6 Å². The van der Waals surface area contributed by atoms with Gasteiger partial charge in [0, 0.05) is 16.3 Å². The fraction of sp³-hybridized carbons (Fsp3) is 0.0714. The highest BCUT2D eigenvalue weighted by atomic mass is 32.2. The molecule has 4 aromatic carbocycles. The average molecular weight is 471 g/mol. The van der Waals surface area contributed by atoms with Crippen molar-refractivity contribution in [3.8, 4) is 0 Å². The summed E-state index contributed by atoms with van der Waals surface area (Å²) in [4.78, 5) is 26.5. The van der Waals surface area contributed by atoms with E-state index in [-0.39, 0.29) is 11.5 Å². The first-order valence-electron chi connectivity index (χ1n) is 10.7. The van der Waals surface area contributed by atoms with Crippen molar-refractivity contribution in [3.05, 3.63) is 126 Å². The number of amides is 2. The van der Waals surface area contributed by atoms with E-state index in [1.165, 1.54) is 30.0 Å². The van der Waals surface area contributed by atoms with Crippen molar-refractivity contribution in [2.45, 2.75) is 17.1 Å². The Kier molecular flexibility index (Phi) is 7.40. The molecule has 170 valence electrons. The van der Waals surface area contributed by atoms with Crippen LogP contribution < -0.4 is 10.6 Å². The first-order chi connectivity index (χ1) is 16.5. The summed E-state index contributed by atoms with van der Waals surface area (Å²) in [6.07, 6.45) is 0. The first kappa shape index (κ1) is 23.3. The monoisotopic (exact) mass is 470 g/mol. The molecule has 0 spiro atoms. The summed E-state index contributed by atoms with van der Waals surface area (Å²) in [5.74, 6) is -1.26. The lowest BCUT2D eigenvalue weighted by Crippen LogP contribution is -2.19. The summed E-state index contributed by atoms with van der Waals surface area (Å²) in [6.45, 7) is 1.99. The Labute approximate surface area is 202 Å². The van der Waals surface area contributed by atoms with E-state index in [9.17, 15) is 14.0 Å². The molecule has 2 N–H and O–H groups in total. The minimum Gasteiger partial charge on any atom is -0.325 e. The Morgan fingerprint density at radius 2 is 1.47 bits per heavy atom. The first-order valence-corrected chi connectivity index (χ1v) is 11.6. The van der Waals surface area contributed by atoms with Crippen molar-refractivity contribution in [2.24, 2.45) is 0 Å². The Bertz CT molecular complexity index is 1290. The van der Waals surface area contributed by atoms with E-state index in [2.05, 4.69) is 10.6 Å². The SMILES string of the molecule is Cc1ccc(NC(=O)C(Sc2cccc(NC(=O)c3ccccc3F)c2)c2ccccc2)cc1. The number of anilines is 2. The molecular formula is C28H23FN2O2S. The van der Waals surface area contributed by atoms with Crippen LogP contribution in [-0.4, -0.2) is 11.8 Å². The van der Waals surface area contributed by atoms with Gasteiger partial charge in [0.1, 0.15) is 11.1 Å². The normalized spacial score (nSPS) is 11.5. The highest BCUT2D eigenvalue weighted by Gasteiger charge is 2.22. The second-order valence-electron chi connectivity index (χ2n) is 7.73. The van der Waals surface area contributed by atoms with Crippen molar-refractivity contribution in [3.63, 3.8) is 0 Å². The zero-order valence-electron chi connectivity index (χ0n) is 18.5. The number of thioether (sulfide) groups is 1. The Balaban J connectivity index is 1.54. The third kappa shape index (κ3) is 5.91. The van der Waals surface area contributed by atoms with Gasteiger partial charge in [-0.25, -0.2) is 4.39 Å². The number of hydrogen-bond donors (Lipinski definition) is 2. The van der Waals surface area contributed by atoms with Crippen LogP contribution in [0.2, 0.25) is 0 Å². The molecule has 2 amide bonds. The molecule has 0 aromatic heterocycles. The van der Waals surface area contributed by atoms with E-state index >= 15 is 0 Å². The molecule has 0 aliphatic carbocycles. The summed E-state index contributed by atoms with van der Waals surface area (Å²) in [6, 6.07) is 30.2. The highest BCUT2D eigenvalue weighted by Crippen LogP contribution is 2.37. The van der Waals surface area contributed by atoms with Crippen LogP contribution in [0.3, 0.4) is 0 Å². The molecule has 0 saturated carbocycles. The average Bonchev–Trinajstić information content (AvgIpc) is 2.85. The molecule has 0 aliphatic rings. The molecule has 34 heavy (non-hydrogen) atoms. The molecule has 0 saturated heterocycles. The molecule has 0 heterocycles. The van der Waals surface area contributed by atoms with Gasteiger partial charge in [0.25, 0.3) is 5.91 Å². The highest BCUT2D eigenvalue weighted by molar-refractivity contribution is 8.00. The van der Waals surface area contributed by atoms with Crippen molar-refractivity contribution < 1.29 is 14.0 Å². The summed E-state index contributed by atoms with van der Waals surface area (Å²) in [5.41, 5.74) is 3.19. The van der Waals surface area contributed by atoms with Gasteiger partial charge in [-0.2, -0.15) is 0 Å². The van der Waals surface area contributed by atoms with Crippen LogP contribution in [0, 0.1) is 12.7 Å². The van der Waals surface area contributed by atoms with Crippen LogP contribution >= 0.6 is 11.8 Å². The maximum Gasteiger partial charge on any atom is 0.258 e. The largest absolute Gasteiger partial charge is 0.325 e. The number of aryl methyl sites for hydroxylation is 1. The lowest BCUT2D eigenvalue weighted by atomic mass is 10.1. The minimum absolute atomic E-state index is 0.0276. The summed E-state index contributed by atoms with van der Waals surface area (Å²) < 4.78 is 14.0. The summed E-state index contributed by atoms with van der Waals surface area (Å²) in [7, 11) is 0. The molecule has 4 rings (SSSR count). The number of carbonyl (C=O) groups is 2. The molecule has 6 heteroatoms. The molecule has 0 fully saturated rings. The van der Waals surface area contributed by atoms with E-state index < -0.39 is 17.0 Å². The van der Waals surface area contributed by atoms with Gasteiger partial charge in [0.05, 0.1) is 5.56 Å². The van der Waals surface area contributed by atoms with Crippen LogP contribution in [0.15, 0.2) is 108 Å². The van der Waals surface area contributed by atoms with Crippen LogP contribution in [0.1, 0.15) is 26.7 Å². The molecule has 1 atom stereocenters. The smallest absolute Gasteiger partial charge is 0.258 e. The zero-order valence-corrected chi connectivity index (χ0v) is 19.3. The predicted molar refractivity (Wildman–Crippen MR) is 136 cm³/mol.